The number of carbonyl (C=O) groups is 1. The van der Waals surface area contributed by atoms with Crippen molar-refractivity contribution >= 4 is 6.09 Å². The lowest BCUT2D eigenvalue weighted by Gasteiger charge is -2.42. The Kier molecular flexibility index (Phi) is 6.15. The summed E-state index contributed by atoms with van der Waals surface area (Å²) < 4.78 is 5.45. The van der Waals surface area contributed by atoms with Crippen molar-refractivity contribution < 1.29 is 9.53 Å². The van der Waals surface area contributed by atoms with E-state index in [1.54, 1.807) is 5.92 Å². The predicted molar refractivity (Wildman–Crippen MR) is 104 cm³/mol. The van der Waals surface area contributed by atoms with Gasteiger partial charge in [-0.1, -0.05) is 60.6 Å². The maximum atomic E-state index is 11.2. The zero-order chi connectivity index (χ0) is 18.4. The van der Waals surface area contributed by atoms with Crippen molar-refractivity contribution in [1.82, 2.24) is 4.90 Å². The molecule has 4 heteroatoms. The minimum atomic E-state index is -0.705. The second-order valence-corrected chi connectivity index (χ2v) is 7.46. The van der Waals surface area contributed by atoms with Crippen molar-refractivity contribution in [2.75, 3.05) is 13.1 Å². The van der Waals surface area contributed by atoms with Crippen LogP contribution >= 0.6 is 0 Å². The molecule has 0 spiro atoms. The normalized spacial score (nSPS) is 21.5. The van der Waals surface area contributed by atoms with Crippen molar-refractivity contribution in [3.05, 3.63) is 65.6 Å². The molecule has 4 rings (SSSR count). The quantitative estimate of drug-likeness (QED) is 0.874. The molecule has 1 aliphatic heterocycles. The summed E-state index contributed by atoms with van der Waals surface area (Å²) in [4.78, 5) is 13.5. The second kappa shape index (κ2) is 8.54. The highest BCUT2D eigenvalue weighted by molar-refractivity contribution is 5.65. The van der Waals surface area contributed by atoms with E-state index in [2.05, 4.69) is 23.1 Å². The van der Waals surface area contributed by atoms with E-state index in [0.717, 1.165) is 31.5 Å². The van der Waals surface area contributed by atoms with Crippen molar-refractivity contribution in [3.8, 4) is 0 Å². The summed E-state index contributed by atoms with van der Waals surface area (Å²) in [6, 6.07) is 10.1. The molecule has 3 aliphatic rings. The fraction of sp³-hybridized carbons (Fsp3) is 0.455. The van der Waals surface area contributed by atoms with Gasteiger partial charge in [-0.2, -0.15) is 0 Å². The predicted octanol–water partition coefficient (Wildman–Crippen LogP) is 4.38. The van der Waals surface area contributed by atoms with Gasteiger partial charge in [-0.15, -0.1) is 0 Å². The lowest BCUT2D eigenvalue weighted by molar-refractivity contribution is -0.104. The fourth-order valence-electron chi connectivity index (χ4n) is 3.92. The van der Waals surface area contributed by atoms with Crippen LogP contribution in [0.5, 0.6) is 0 Å². The third-order valence-corrected chi connectivity index (χ3v) is 5.31. The van der Waals surface area contributed by atoms with Gasteiger partial charge < -0.3 is 10.5 Å². The zero-order valence-electron chi connectivity index (χ0n) is 15.6. The standard InChI is InChI=1S/C15H22N2O2.C7H7/c1-15(19-14(16)18,17-10-6-3-7-11-17)12-13-8-4-2-5-9-13;1-2-7-4-3-6(1)5-7/h2,4-5,8-9H,3,6-7,10-12H2,1H3,(H2,16,18);1-3H,4-5H2. The fourth-order valence-corrected chi connectivity index (χ4v) is 3.92. The number of ether oxygens (including phenoxy) is 1. The molecule has 1 unspecified atom stereocenters. The highest BCUT2D eigenvalue weighted by Gasteiger charge is 2.36. The number of allylic oxidation sites excluding steroid dienone is 4. The third kappa shape index (κ3) is 4.98. The first-order valence-electron chi connectivity index (χ1n) is 9.54. The van der Waals surface area contributed by atoms with Crippen LogP contribution in [-0.2, 0) is 11.2 Å². The molecule has 1 atom stereocenters. The van der Waals surface area contributed by atoms with E-state index in [1.807, 2.05) is 37.3 Å². The molecule has 1 saturated heterocycles. The summed E-state index contributed by atoms with van der Waals surface area (Å²) in [5.74, 6) is 1.59. The number of rotatable bonds is 4. The molecule has 0 aromatic heterocycles. The van der Waals surface area contributed by atoms with Crippen molar-refractivity contribution in [2.24, 2.45) is 5.73 Å². The summed E-state index contributed by atoms with van der Waals surface area (Å²) >= 11 is 0. The van der Waals surface area contributed by atoms with Gasteiger partial charge in [0, 0.05) is 25.4 Å². The van der Waals surface area contributed by atoms with Gasteiger partial charge >= 0.3 is 6.09 Å². The third-order valence-electron chi connectivity index (χ3n) is 5.31. The summed E-state index contributed by atoms with van der Waals surface area (Å²) in [6.07, 6.45) is 12.7. The molecule has 26 heavy (non-hydrogen) atoms. The van der Waals surface area contributed by atoms with Gasteiger partial charge in [0.15, 0.2) is 5.72 Å². The van der Waals surface area contributed by atoms with E-state index in [1.165, 1.54) is 24.8 Å². The maximum Gasteiger partial charge on any atom is 0.406 e. The SMILES string of the molecule is C1=CC2=CC[C]1C2.CC(Cc1ccccc1)(OC(N)=O)N1CCCCC1. The summed E-state index contributed by atoms with van der Waals surface area (Å²) in [7, 11) is 0. The average Bonchev–Trinajstić information content (AvgIpc) is 3.29. The highest BCUT2D eigenvalue weighted by Crippen LogP contribution is 2.34. The van der Waals surface area contributed by atoms with Gasteiger partial charge in [-0.05, 0) is 38.2 Å². The molecule has 1 aromatic rings. The van der Waals surface area contributed by atoms with Crippen molar-refractivity contribution in [3.63, 3.8) is 0 Å². The number of primary amides is 1. The molecule has 139 valence electrons. The molecule has 1 fully saturated rings. The molecule has 0 saturated carbocycles. The van der Waals surface area contributed by atoms with Crippen LogP contribution in [0.3, 0.4) is 0 Å². The Balaban J connectivity index is 0.000000229. The molecular formula is C22H29N2O2. The molecule has 2 aliphatic carbocycles. The summed E-state index contributed by atoms with van der Waals surface area (Å²) in [5.41, 5.74) is 7.28. The van der Waals surface area contributed by atoms with Gasteiger partial charge in [0.25, 0.3) is 0 Å². The van der Waals surface area contributed by atoms with Crippen LogP contribution in [0.1, 0.15) is 44.6 Å². The Bertz CT molecular complexity index is 662. The second-order valence-electron chi connectivity index (χ2n) is 7.46. The first-order chi connectivity index (χ1) is 12.5. The lowest BCUT2D eigenvalue weighted by Crippen LogP contribution is -2.53. The Labute approximate surface area is 156 Å². The minimum Gasteiger partial charge on any atom is -0.428 e. The molecule has 1 amide bonds. The van der Waals surface area contributed by atoms with Crippen LogP contribution in [0.4, 0.5) is 4.79 Å². The van der Waals surface area contributed by atoms with Gasteiger partial charge in [0.1, 0.15) is 0 Å². The first kappa shape index (κ1) is 18.7. The number of piperidine rings is 1. The average molecular weight is 353 g/mol. The Hall–Kier alpha value is -2.07. The van der Waals surface area contributed by atoms with E-state index in [-0.39, 0.29) is 0 Å². The summed E-state index contributed by atoms with van der Waals surface area (Å²) in [5, 5.41) is 0. The monoisotopic (exact) mass is 353 g/mol. The smallest absolute Gasteiger partial charge is 0.406 e. The number of hydrogen-bond acceptors (Lipinski definition) is 3. The Morgan fingerprint density at radius 3 is 2.35 bits per heavy atom. The Morgan fingerprint density at radius 2 is 1.88 bits per heavy atom. The number of nitrogens with zero attached hydrogens (tertiary/aromatic N) is 1. The van der Waals surface area contributed by atoms with Crippen LogP contribution in [0.25, 0.3) is 0 Å². The van der Waals surface area contributed by atoms with E-state index in [9.17, 15) is 4.79 Å². The van der Waals surface area contributed by atoms with Crippen molar-refractivity contribution in [1.29, 1.82) is 0 Å². The van der Waals surface area contributed by atoms with Crippen LogP contribution in [0, 0.1) is 5.92 Å². The Morgan fingerprint density at radius 1 is 1.15 bits per heavy atom. The minimum absolute atomic E-state index is 0.645. The molecule has 1 radical (unpaired) electrons. The van der Waals surface area contributed by atoms with Gasteiger partial charge in [0.2, 0.25) is 0 Å². The summed E-state index contributed by atoms with van der Waals surface area (Å²) in [6.45, 7) is 3.86. The number of hydrogen-bond donors (Lipinski definition) is 1. The molecule has 1 aromatic carbocycles. The molecule has 4 nitrogen and oxygen atoms in total. The number of carbonyl (C=O) groups excluding carboxylic acids is 1. The lowest BCUT2D eigenvalue weighted by atomic mass is 9.99. The van der Waals surface area contributed by atoms with Crippen LogP contribution in [-0.4, -0.2) is 29.8 Å². The number of likely N-dealkylation sites (tertiary alicyclic amines) is 1. The number of amides is 1. The van der Waals surface area contributed by atoms with Gasteiger partial charge in [-0.25, -0.2) is 4.79 Å². The van der Waals surface area contributed by atoms with Gasteiger partial charge in [0.05, 0.1) is 0 Å². The maximum absolute atomic E-state index is 11.2. The van der Waals surface area contributed by atoms with Crippen LogP contribution in [0.15, 0.2) is 54.1 Å². The first-order valence-corrected chi connectivity index (χ1v) is 9.54. The van der Waals surface area contributed by atoms with E-state index in [0.29, 0.717) is 6.42 Å². The molecule has 2 N–H and O–H groups in total. The van der Waals surface area contributed by atoms with E-state index < -0.39 is 11.8 Å². The largest absolute Gasteiger partial charge is 0.428 e. The van der Waals surface area contributed by atoms with Crippen molar-refractivity contribution in [2.45, 2.75) is 51.2 Å². The van der Waals surface area contributed by atoms with Crippen LogP contribution in [0.2, 0.25) is 0 Å². The number of nitrogens with two attached hydrogens (primary N) is 1. The van der Waals surface area contributed by atoms with Gasteiger partial charge in [-0.3, -0.25) is 4.90 Å². The highest BCUT2D eigenvalue weighted by atomic mass is 16.6. The topological polar surface area (TPSA) is 55.6 Å². The number of fused-ring (bicyclic) bond motifs is 2. The van der Waals surface area contributed by atoms with Crippen LogP contribution < -0.4 is 5.73 Å². The molecule has 1 heterocycles. The number of benzene rings is 1. The van der Waals surface area contributed by atoms with E-state index >= 15 is 0 Å². The van der Waals surface area contributed by atoms with E-state index in [4.69, 9.17) is 10.5 Å². The zero-order valence-corrected chi connectivity index (χ0v) is 15.6. The molecule has 2 bridgehead atoms. The molecular weight excluding hydrogens is 324 g/mol.